The molecular weight excluding hydrogens is 340 g/mol. The maximum absolute atomic E-state index is 12.6. The molecular formula is C23H32O4. The highest BCUT2D eigenvalue weighted by molar-refractivity contribution is 6.02. The molecule has 0 unspecified atom stereocenters. The lowest BCUT2D eigenvalue weighted by atomic mass is 9.80. The van der Waals surface area contributed by atoms with Crippen LogP contribution in [0.3, 0.4) is 0 Å². The fraction of sp³-hybridized carbons (Fsp3) is 0.652. The summed E-state index contributed by atoms with van der Waals surface area (Å²) in [4.78, 5) is 25.2. The average molecular weight is 373 g/mol. The number of hydrogen-bond donors (Lipinski definition) is 0. The van der Waals surface area contributed by atoms with Crippen molar-refractivity contribution in [3.8, 4) is 0 Å². The van der Waals surface area contributed by atoms with Crippen LogP contribution in [0.2, 0.25) is 0 Å². The van der Waals surface area contributed by atoms with Gasteiger partial charge in [0.2, 0.25) is 0 Å². The lowest BCUT2D eigenvalue weighted by Gasteiger charge is -2.25. The standard InChI is InChI=1S/C23H32O4/c1-26-21(24)23(22(25)27-2)15-13-19(17-9-5-3-6-10-17)20(14-16-23)18-11-7-4-8-12-18/h13,15H,3-12,14,16H2,1-2H3. The van der Waals surface area contributed by atoms with E-state index in [1.807, 2.05) is 6.08 Å². The number of esters is 2. The zero-order valence-electron chi connectivity index (χ0n) is 16.8. The van der Waals surface area contributed by atoms with E-state index in [1.54, 1.807) is 6.08 Å². The van der Waals surface area contributed by atoms with Crippen LogP contribution in [-0.4, -0.2) is 26.2 Å². The van der Waals surface area contributed by atoms with Crippen molar-refractivity contribution in [1.82, 2.24) is 0 Å². The molecule has 2 saturated carbocycles. The predicted molar refractivity (Wildman–Crippen MR) is 105 cm³/mol. The molecule has 0 aromatic heterocycles. The molecule has 4 heteroatoms. The topological polar surface area (TPSA) is 52.6 Å². The summed E-state index contributed by atoms with van der Waals surface area (Å²) in [6.07, 6.45) is 17.0. The number of methoxy groups -OCH3 is 2. The summed E-state index contributed by atoms with van der Waals surface area (Å²) in [6.45, 7) is 0. The van der Waals surface area contributed by atoms with Gasteiger partial charge in [0.15, 0.2) is 5.41 Å². The Morgan fingerprint density at radius 3 is 1.81 bits per heavy atom. The third-order valence-electron chi connectivity index (χ3n) is 6.45. The van der Waals surface area contributed by atoms with E-state index in [1.165, 1.54) is 75.0 Å². The summed E-state index contributed by atoms with van der Waals surface area (Å²) in [5, 5.41) is 0. The molecule has 0 spiro atoms. The highest BCUT2D eigenvalue weighted by Crippen LogP contribution is 2.43. The molecule has 3 aliphatic rings. The van der Waals surface area contributed by atoms with Gasteiger partial charge in [-0.25, -0.2) is 0 Å². The second kappa shape index (κ2) is 8.90. The van der Waals surface area contributed by atoms with Gasteiger partial charge < -0.3 is 9.47 Å². The first kappa shape index (κ1) is 19.9. The second-order valence-electron chi connectivity index (χ2n) is 8.01. The molecule has 0 bridgehead atoms. The van der Waals surface area contributed by atoms with Crippen LogP contribution in [0.15, 0.2) is 34.4 Å². The summed E-state index contributed by atoms with van der Waals surface area (Å²) in [7, 11) is 2.68. The molecule has 3 rings (SSSR count). The fourth-order valence-electron chi connectivity index (χ4n) is 4.88. The number of ether oxygens (including phenoxy) is 2. The minimum atomic E-state index is -1.33. The summed E-state index contributed by atoms with van der Waals surface area (Å²) in [5.74, 6) is -1.04. The van der Waals surface area contributed by atoms with Crippen LogP contribution in [0.25, 0.3) is 0 Å². The van der Waals surface area contributed by atoms with Gasteiger partial charge in [0.1, 0.15) is 0 Å². The smallest absolute Gasteiger partial charge is 0.327 e. The van der Waals surface area contributed by atoms with Crippen molar-refractivity contribution in [3.05, 3.63) is 34.4 Å². The van der Waals surface area contributed by atoms with Crippen molar-refractivity contribution in [1.29, 1.82) is 0 Å². The number of carbonyl (C=O) groups excluding carboxylic acids is 2. The zero-order chi connectivity index (χ0) is 19.3. The fourth-order valence-corrected chi connectivity index (χ4v) is 4.88. The second-order valence-corrected chi connectivity index (χ2v) is 8.01. The Kier molecular flexibility index (Phi) is 6.56. The van der Waals surface area contributed by atoms with Gasteiger partial charge in [-0.3, -0.25) is 9.59 Å². The monoisotopic (exact) mass is 372 g/mol. The molecule has 0 amide bonds. The number of rotatable bonds is 2. The summed E-state index contributed by atoms with van der Waals surface area (Å²) in [5.41, 5.74) is 4.38. The first-order chi connectivity index (χ1) is 13.1. The Labute approximate surface area is 162 Å². The quantitative estimate of drug-likeness (QED) is 0.494. The maximum Gasteiger partial charge on any atom is 0.327 e. The van der Waals surface area contributed by atoms with Gasteiger partial charge in [0, 0.05) is 0 Å². The molecule has 0 saturated heterocycles. The molecule has 4 nitrogen and oxygen atoms in total. The predicted octanol–water partition coefficient (Wildman–Crippen LogP) is 5.19. The number of hydrogen-bond acceptors (Lipinski definition) is 4. The average Bonchev–Trinajstić information content (AvgIpc) is 2.95. The molecule has 0 aromatic carbocycles. The summed E-state index contributed by atoms with van der Waals surface area (Å²) < 4.78 is 10.0. The van der Waals surface area contributed by atoms with Crippen LogP contribution in [-0.2, 0) is 19.1 Å². The lowest BCUT2D eigenvalue weighted by Crippen LogP contribution is -2.39. The SMILES string of the molecule is COC(=O)C1(C(=O)OC)C=CC(=C2CCCCC2)C(=C2CCCCC2)CC1. The van der Waals surface area contributed by atoms with Gasteiger partial charge >= 0.3 is 11.9 Å². The molecule has 0 N–H and O–H groups in total. The van der Waals surface area contributed by atoms with Crippen molar-refractivity contribution >= 4 is 11.9 Å². The van der Waals surface area contributed by atoms with E-state index in [0.717, 1.165) is 32.1 Å². The highest BCUT2D eigenvalue weighted by Gasteiger charge is 2.47. The highest BCUT2D eigenvalue weighted by atomic mass is 16.5. The lowest BCUT2D eigenvalue weighted by molar-refractivity contribution is -0.165. The van der Waals surface area contributed by atoms with Crippen molar-refractivity contribution < 1.29 is 19.1 Å². The van der Waals surface area contributed by atoms with E-state index in [9.17, 15) is 9.59 Å². The molecule has 148 valence electrons. The molecule has 0 radical (unpaired) electrons. The van der Waals surface area contributed by atoms with Crippen LogP contribution in [0.5, 0.6) is 0 Å². The normalized spacial score (nSPS) is 23.0. The first-order valence-corrected chi connectivity index (χ1v) is 10.4. The summed E-state index contributed by atoms with van der Waals surface area (Å²) >= 11 is 0. The van der Waals surface area contributed by atoms with Crippen LogP contribution in [0.1, 0.15) is 77.0 Å². The van der Waals surface area contributed by atoms with Gasteiger partial charge in [-0.1, -0.05) is 36.1 Å². The zero-order valence-corrected chi connectivity index (χ0v) is 16.8. The van der Waals surface area contributed by atoms with Crippen LogP contribution < -0.4 is 0 Å². The Hall–Kier alpha value is -1.84. The number of carbonyl (C=O) groups is 2. The van der Waals surface area contributed by atoms with Crippen LogP contribution in [0.4, 0.5) is 0 Å². The van der Waals surface area contributed by atoms with Crippen molar-refractivity contribution in [2.75, 3.05) is 14.2 Å². The molecule has 3 aliphatic carbocycles. The van der Waals surface area contributed by atoms with E-state index in [4.69, 9.17) is 9.47 Å². The van der Waals surface area contributed by atoms with Crippen LogP contribution in [0, 0.1) is 5.41 Å². The van der Waals surface area contributed by atoms with Crippen molar-refractivity contribution in [2.45, 2.75) is 77.0 Å². The Bertz CT molecular complexity index is 648. The Morgan fingerprint density at radius 1 is 0.778 bits per heavy atom. The van der Waals surface area contributed by atoms with Crippen molar-refractivity contribution in [2.24, 2.45) is 5.41 Å². The first-order valence-electron chi connectivity index (χ1n) is 10.4. The summed E-state index contributed by atoms with van der Waals surface area (Å²) in [6, 6.07) is 0. The van der Waals surface area contributed by atoms with Gasteiger partial charge in [0.25, 0.3) is 0 Å². The van der Waals surface area contributed by atoms with E-state index in [0.29, 0.717) is 6.42 Å². The Morgan fingerprint density at radius 2 is 1.30 bits per heavy atom. The van der Waals surface area contributed by atoms with E-state index >= 15 is 0 Å². The molecule has 0 heterocycles. The maximum atomic E-state index is 12.6. The molecule has 27 heavy (non-hydrogen) atoms. The van der Waals surface area contributed by atoms with Gasteiger partial charge in [-0.05, 0) is 75.4 Å². The van der Waals surface area contributed by atoms with Gasteiger partial charge in [-0.15, -0.1) is 0 Å². The molecule has 0 aromatic rings. The van der Waals surface area contributed by atoms with Crippen LogP contribution >= 0.6 is 0 Å². The Balaban J connectivity index is 2.09. The minimum Gasteiger partial charge on any atom is -0.468 e. The third kappa shape index (κ3) is 4.04. The largest absolute Gasteiger partial charge is 0.468 e. The molecule has 0 atom stereocenters. The van der Waals surface area contributed by atoms with Gasteiger partial charge in [-0.2, -0.15) is 0 Å². The molecule has 0 aliphatic heterocycles. The van der Waals surface area contributed by atoms with E-state index in [-0.39, 0.29) is 0 Å². The van der Waals surface area contributed by atoms with Crippen molar-refractivity contribution in [3.63, 3.8) is 0 Å². The third-order valence-corrected chi connectivity index (χ3v) is 6.45. The minimum absolute atomic E-state index is 0.415. The van der Waals surface area contributed by atoms with Gasteiger partial charge in [0.05, 0.1) is 14.2 Å². The van der Waals surface area contributed by atoms with E-state index in [2.05, 4.69) is 0 Å². The van der Waals surface area contributed by atoms with E-state index < -0.39 is 17.4 Å². The molecule has 2 fully saturated rings. The number of allylic oxidation sites excluding steroid dienone is 5.